The van der Waals surface area contributed by atoms with Crippen LogP contribution >= 0.6 is 0 Å². The lowest BCUT2D eigenvalue weighted by Crippen LogP contribution is -2.30. The Hall–Kier alpha value is -5.49. The molecule has 0 radical (unpaired) electrons. The van der Waals surface area contributed by atoms with Crippen molar-refractivity contribution in [2.45, 2.75) is 252 Å². The Balaban J connectivity index is 4.48. The smallest absolute Gasteiger partial charge is 0.306 e. The molecule has 0 aromatic rings. The number of hydrogen-bond acceptors (Lipinski definition) is 6. The Bertz CT molecular complexity index is 1890. The van der Waals surface area contributed by atoms with Crippen LogP contribution in [0.5, 0.6) is 0 Å². The van der Waals surface area contributed by atoms with Gasteiger partial charge in [-0.15, -0.1) is 0 Å². The summed E-state index contributed by atoms with van der Waals surface area (Å²) in [5, 5.41) is 0. The molecule has 0 saturated heterocycles. The molecular formula is C74H114O6. The van der Waals surface area contributed by atoms with Crippen molar-refractivity contribution < 1.29 is 28.6 Å². The molecule has 1 atom stereocenters. The second kappa shape index (κ2) is 66.0. The molecule has 0 heterocycles. The molecule has 0 fully saturated rings. The van der Waals surface area contributed by atoms with Crippen LogP contribution in [0.3, 0.4) is 0 Å². The van der Waals surface area contributed by atoms with Gasteiger partial charge in [-0.2, -0.15) is 0 Å². The van der Waals surface area contributed by atoms with E-state index in [1.54, 1.807) is 0 Å². The minimum atomic E-state index is -0.828. The quantitative estimate of drug-likeness (QED) is 0.0261. The van der Waals surface area contributed by atoms with Crippen LogP contribution in [-0.2, 0) is 28.6 Å². The lowest BCUT2D eigenvalue weighted by Gasteiger charge is -2.18. The molecule has 0 bridgehead atoms. The maximum Gasteiger partial charge on any atom is 0.306 e. The van der Waals surface area contributed by atoms with Crippen molar-refractivity contribution in [1.29, 1.82) is 0 Å². The Morgan fingerprint density at radius 1 is 0.263 bits per heavy atom. The van der Waals surface area contributed by atoms with Crippen LogP contribution in [0.4, 0.5) is 0 Å². The van der Waals surface area contributed by atoms with E-state index >= 15 is 0 Å². The van der Waals surface area contributed by atoms with E-state index in [1.807, 2.05) is 0 Å². The molecule has 0 aliphatic rings. The van der Waals surface area contributed by atoms with Crippen molar-refractivity contribution in [2.75, 3.05) is 13.2 Å². The van der Waals surface area contributed by atoms with Gasteiger partial charge in [0.25, 0.3) is 0 Å². The molecule has 446 valence electrons. The molecule has 6 heteroatoms. The average molecular weight is 1100 g/mol. The third kappa shape index (κ3) is 63.3. The van der Waals surface area contributed by atoms with E-state index in [0.717, 1.165) is 167 Å². The normalized spacial score (nSPS) is 13.4. The molecule has 0 rings (SSSR count). The molecule has 0 aromatic heterocycles. The Morgan fingerprint density at radius 3 is 0.800 bits per heavy atom. The standard InChI is InChI=1S/C74H114O6/c1-4-7-10-13-16-19-22-25-28-30-31-32-33-34-35-36-37-38-39-40-41-42-43-44-47-49-52-55-58-61-64-67-73(76)79-70-71(69-78-72(75)66-63-60-57-54-51-48-45-27-24-21-18-15-12-9-6-3)80-74(77)68-65-62-59-56-53-50-46-29-26-23-20-17-14-11-8-5-2/h7,9-10,12,16,18-21,23,25,27-29,31-32,34-35,37-38,40-41,43-46,49,51-52,54,71H,4-6,8,11,13-15,17,22,24,26,30,33,36,39,42,47-48,50,53,55-70H2,1-3H3/b10-7-,12-9-,19-16-,21-18-,23-20-,28-25-,32-31-,35-34-,38-37-,41-40-,44-43-,45-27-,46-29-,52-49-,54-51-. The van der Waals surface area contributed by atoms with Crippen LogP contribution < -0.4 is 0 Å². The number of carbonyl (C=O) groups is 3. The second-order valence-corrected chi connectivity index (χ2v) is 20.2. The maximum absolute atomic E-state index is 12.9. The number of carbonyl (C=O) groups excluding carboxylic acids is 3. The molecular weight excluding hydrogens is 985 g/mol. The lowest BCUT2D eigenvalue weighted by atomic mass is 10.1. The summed E-state index contributed by atoms with van der Waals surface area (Å²) in [5.74, 6) is -1.02. The van der Waals surface area contributed by atoms with Gasteiger partial charge < -0.3 is 14.2 Å². The van der Waals surface area contributed by atoms with E-state index in [4.69, 9.17) is 14.2 Å². The van der Waals surface area contributed by atoms with Gasteiger partial charge in [-0.05, 0) is 161 Å². The monoisotopic (exact) mass is 1100 g/mol. The topological polar surface area (TPSA) is 78.9 Å². The number of rotatable bonds is 55. The predicted octanol–water partition coefficient (Wildman–Crippen LogP) is 22.0. The van der Waals surface area contributed by atoms with E-state index in [-0.39, 0.29) is 44.0 Å². The molecule has 0 aromatic carbocycles. The van der Waals surface area contributed by atoms with Crippen molar-refractivity contribution in [3.05, 3.63) is 182 Å². The number of unbranched alkanes of at least 4 members (excludes halogenated alkanes) is 14. The largest absolute Gasteiger partial charge is 0.462 e. The Kier molecular flexibility index (Phi) is 61.5. The molecule has 0 aliphatic heterocycles. The molecule has 0 saturated carbocycles. The lowest BCUT2D eigenvalue weighted by molar-refractivity contribution is -0.167. The van der Waals surface area contributed by atoms with E-state index in [1.165, 1.54) is 32.1 Å². The third-order valence-electron chi connectivity index (χ3n) is 12.6. The Labute approximate surface area is 491 Å². The minimum absolute atomic E-state index is 0.124. The van der Waals surface area contributed by atoms with Gasteiger partial charge in [-0.1, -0.05) is 248 Å². The highest BCUT2D eigenvalue weighted by atomic mass is 16.6. The van der Waals surface area contributed by atoms with Gasteiger partial charge in [0.05, 0.1) is 0 Å². The second-order valence-electron chi connectivity index (χ2n) is 20.2. The van der Waals surface area contributed by atoms with Crippen molar-refractivity contribution in [1.82, 2.24) is 0 Å². The first-order valence-electron chi connectivity index (χ1n) is 31.8. The van der Waals surface area contributed by atoms with Crippen LogP contribution in [0.15, 0.2) is 182 Å². The first-order chi connectivity index (χ1) is 39.5. The van der Waals surface area contributed by atoms with Crippen molar-refractivity contribution in [3.63, 3.8) is 0 Å². The highest BCUT2D eigenvalue weighted by Crippen LogP contribution is 2.12. The first kappa shape index (κ1) is 74.5. The van der Waals surface area contributed by atoms with E-state index in [0.29, 0.717) is 12.8 Å². The average Bonchev–Trinajstić information content (AvgIpc) is 3.46. The van der Waals surface area contributed by atoms with Gasteiger partial charge in [0.2, 0.25) is 0 Å². The molecule has 0 N–H and O–H groups in total. The molecule has 0 amide bonds. The zero-order chi connectivity index (χ0) is 57.8. The molecule has 6 nitrogen and oxygen atoms in total. The van der Waals surface area contributed by atoms with Gasteiger partial charge >= 0.3 is 17.9 Å². The zero-order valence-electron chi connectivity index (χ0n) is 51.0. The highest BCUT2D eigenvalue weighted by molar-refractivity contribution is 5.71. The summed E-state index contributed by atoms with van der Waals surface area (Å²) in [7, 11) is 0. The summed E-state index contributed by atoms with van der Waals surface area (Å²) < 4.78 is 16.8. The molecule has 1 unspecified atom stereocenters. The molecule has 0 spiro atoms. The minimum Gasteiger partial charge on any atom is -0.462 e. The zero-order valence-corrected chi connectivity index (χ0v) is 51.0. The van der Waals surface area contributed by atoms with Crippen molar-refractivity contribution in [3.8, 4) is 0 Å². The number of allylic oxidation sites excluding steroid dienone is 30. The van der Waals surface area contributed by atoms with Gasteiger partial charge in [-0.3, -0.25) is 14.4 Å². The van der Waals surface area contributed by atoms with Crippen LogP contribution in [0.1, 0.15) is 245 Å². The van der Waals surface area contributed by atoms with Gasteiger partial charge in [0.15, 0.2) is 6.10 Å². The third-order valence-corrected chi connectivity index (χ3v) is 12.6. The SMILES string of the molecule is CC/C=C\C/C=C\C/C=C\C/C=C\C/C=C\C/C=C\C/C=C\C/C=C\C/C=C\CCCCCC(=O)OCC(COC(=O)CCCC/C=C\C/C=C\C/C=C\C/C=C\CC)OC(=O)CCCCCCC/C=C\C/C=C\CCCCCC. The predicted molar refractivity (Wildman–Crippen MR) is 348 cm³/mol. The molecule has 0 aliphatic carbocycles. The summed E-state index contributed by atoms with van der Waals surface area (Å²) in [6.07, 6.45) is 99.0. The fourth-order valence-electron chi connectivity index (χ4n) is 7.92. The fraction of sp³-hybridized carbons (Fsp3) is 0.554. The fourth-order valence-corrected chi connectivity index (χ4v) is 7.92. The van der Waals surface area contributed by atoms with E-state index in [9.17, 15) is 14.4 Å². The van der Waals surface area contributed by atoms with E-state index < -0.39 is 6.10 Å². The number of hydrogen-bond donors (Lipinski definition) is 0. The van der Waals surface area contributed by atoms with Gasteiger partial charge in [-0.25, -0.2) is 0 Å². The Morgan fingerprint density at radius 2 is 0.487 bits per heavy atom. The highest BCUT2D eigenvalue weighted by Gasteiger charge is 2.19. The maximum atomic E-state index is 12.9. The van der Waals surface area contributed by atoms with Crippen LogP contribution in [0.25, 0.3) is 0 Å². The van der Waals surface area contributed by atoms with Gasteiger partial charge in [0, 0.05) is 19.3 Å². The van der Waals surface area contributed by atoms with Crippen LogP contribution in [0, 0.1) is 0 Å². The summed E-state index contributed by atoms with van der Waals surface area (Å²) >= 11 is 0. The van der Waals surface area contributed by atoms with Crippen molar-refractivity contribution in [2.24, 2.45) is 0 Å². The summed E-state index contributed by atoms with van der Waals surface area (Å²) in [4.78, 5) is 38.3. The summed E-state index contributed by atoms with van der Waals surface area (Å²) in [6, 6.07) is 0. The molecule has 80 heavy (non-hydrogen) atoms. The van der Waals surface area contributed by atoms with Gasteiger partial charge in [0.1, 0.15) is 13.2 Å². The van der Waals surface area contributed by atoms with Crippen LogP contribution in [-0.4, -0.2) is 37.2 Å². The number of esters is 3. The van der Waals surface area contributed by atoms with E-state index in [2.05, 4.69) is 203 Å². The summed E-state index contributed by atoms with van der Waals surface area (Å²) in [6.45, 7) is 6.30. The summed E-state index contributed by atoms with van der Waals surface area (Å²) in [5.41, 5.74) is 0. The number of ether oxygens (including phenoxy) is 3. The van der Waals surface area contributed by atoms with Crippen LogP contribution in [0.2, 0.25) is 0 Å². The first-order valence-corrected chi connectivity index (χ1v) is 31.8. The van der Waals surface area contributed by atoms with Crippen molar-refractivity contribution >= 4 is 17.9 Å².